The highest BCUT2D eigenvalue weighted by Crippen LogP contribution is 2.23. The van der Waals surface area contributed by atoms with Gasteiger partial charge in [0, 0.05) is 24.8 Å². The number of hydrogen-bond donors (Lipinski definition) is 0. The van der Waals surface area contributed by atoms with E-state index in [1.807, 2.05) is 44.3 Å². The number of aromatic nitrogens is 2. The molecule has 3 rings (SSSR count). The number of benzene rings is 1. The number of halogens is 2. The summed E-state index contributed by atoms with van der Waals surface area (Å²) in [5.74, 6) is 0. The topological polar surface area (TPSA) is 37.6 Å². The molecule has 124 valence electrons. The molecule has 4 nitrogen and oxygen atoms in total. The van der Waals surface area contributed by atoms with E-state index in [9.17, 15) is 4.79 Å². The van der Waals surface area contributed by atoms with Crippen molar-refractivity contribution in [2.24, 2.45) is 0 Å². The molecule has 2 aromatic heterocycles. The van der Waals surface area contributed by atoms with Crippen LogP contribution in [0.3, 0.4) is 0 Å². The summed E-state index contributed by atoms with van der Waals surface area (Å²) in [5.41, 5.74) is 3.28. The van der Waals surface area contributed by atoms with E-state index in [0.29, 0.717) is 28.8 Å². The smallest absolute Gasteiger partial charge is 0.258 e. The van der Waals surface area contributed by atoms with Crippen molar-refractivity contribution >= 4 is 28.8 Å². The second-order valence-corrected chi connectivity index (χ2v) is 6.68. The van der Waals surface area contributed by atoms with E-state index in [-0.39, 0.29) is 5.56 Å². The van der Waals surface area contributed by atoms with E-state index in [0.717, 1.165) is 17.0 Å². The first kappa shape index (κ1) is 17.0. The first-order chi connectivity index (χ1) is 11.4. The molecule has 0 aliphatic carbocycles. The Hall–Kier alpha value is -1.88. The molecule has 0 amide bonds. The van der Waals surface area contributed by atoms with E-state index in [1.165, 1.54) is 0 Å². The van der Waals surface area contributed by atoms with Crippen LogP contribution in [0.25, 0.3) is 5.65 Å². The lowest BCUT2D eigenvalue weighted by atomic mass is 10.2. The average Bonchev–Trinajstić information content (AvgIpc) is 2.50. The van der Waals surface area contributed by atoms with Crippen molar-refractivity contribution in [3.63, 3.8) is 0 Å². The van der Waals surface area contributed by atoms with E-state index in [1.54, 1.807) is 16.5 Å². The van der Waals surface area contributed by atoms with Crippen molar-refractivity contribution in [3.8, 4) is 0 Å². The van der Waals surface area contributed by atoms with Gasteiger partial charge in [0.05, 0.1) is 15.7 Å². The maximum absolute atomic E-state index is 12.3. The van der Waals surface area contributed by atoms with Gasteiger partial charge in [0.15, 0.2) is 0 Å². The quantitative estimate of drug-likeness (QED) is 0.706. The summed E-state index contributed by atoms with van der Waals surface area (Å²) >= 11 is 12.0. The van der Waals surface area contributed by atoms with Gasteiger partial charge in [0.1, 0.15) is 5.65 Å². The van der Waals surface area contributed by atoms with Gasteiger partial charge < -0.3 is 0 Å². The lowest BCUT2D eigenvalue weighted by Crippen LogP contribution is -2.22. The van der Waals surface area contributed by atoms with Crippen LogP contribution in [-0.4, -0.2) is 21.3 Å². The molecular weight excluding hydrogens is 345 g/mol. The normalized spacial score (nSPS) is 11.4. The van der Waals surface area contributed by atoms with Crippen LogP contribution in [0, 0.1) is 6.92 Å². The van der Waals surface area contributed by atoms with Crippen molar-refractivity contribution in [1.29, 1.82) is 0 Å². The molecule has 0 unspecified atom stereocenters. The molecule has 0 saturated carbocycles. The zero-order chi connectivity index (χ0) is 17.3. The molecule has 3 aromatic rings. The molecule has 6 heteroatoms. The SMILES string of the molecule is Cc1cccc2nc(CN(C)Cc3ccc(Cl)c(Cl)c3)cc(=O)n12. The Morgan fingerprint density at radius 2 is 1.88 bits per heavy atom. The average molecular weight is 362 g/mol. The Morgan fingerprint density at radius 3 is 2.62 bits per heavy atom. The van der Waals surface area contributed by atoms with Crippen LogP contribution in [0.1, 0.15) is 17.0 Å². The van der Waals surface area contributed by atoms with Gasteiger partial charge in [-0.1, -0.05) is 35.3 Å². The molecule has 24 heavy (non-hydrogen) atoms. The standard InChI is InChI=1S/C18H17Cl2N3O/c1-12-4-3-5-17-21-14(9-18(24)23(12)17)11-22(2)10-13-6-7-15(19)16(20)8-13/h3-9H,10-11H2,1-2H3. The molecule has 0 N–H and O–H groups in total. The number of hydrogen-bond acceptors (Lipinski definition) is 3. The van der Waals surface area contributed by atoms with Gasteiger partial charge in [-0.3, -0.25) is 14.1 Å². The first-order valence-corrected chi connectivity index (χ1v) is 8.30. The Bertz CT molecular complexity index is 953. The molecule has 0 fully saturated rings. The van der Waals surface area contributed by atoms with Crippen LogP contribution in [0.15, 0.2) is 47.3 Å². The Labute approximate surface area is 150 Å². The predicted molar refractivity (Wildman–Crippen MR) is 97.8 cm³/mol. The molecule has 0 aliphatic heterocycles. The first-order valence-electron chi connectivity index (χ1n) is 7.55. The fraction of sp³-hybridized carbons (Fsp3) is 0.222. The highest BCUT2D eigenvalue weighted by Gasteiger charge is 2.08. The molecule has 0 bridgehead atoms. The van der Waals surface area contributed by atoms with Gasteiger partial charge in [0.2, 0.25) is 0 Å². The molecule has 0 radical (unpaired) electrons. The van der Waals surface area contributed by atoms with Crippen LogP contribution in [0.5, 0.6) is 0 Å². The number of rotatable bonds is 4. The summed E-state index contributed by atoms with van der Waals surface area (Å²) in [7, 11) is 1.97. The Morgan fingerprint density at radius 1 is 1.08 bits per heavy atom. The molecule has 2 heterocycles. The van der Waals surface area contributed by atoms with Crippen molar-refractivity contribution in [2.45, 2.75) is 20.0 Å². The third-order valence-corrected chi connectivity index (χ3v) is 4.54. The zero-order valence-corrected chi connectivity index (χ0v) is 15.0. The predicted octanol–water partition coefficient (Wildman–Crippen LogP) is 3.94. The molecule has 1 aromatic carbocycles. The largest absolute Gasteiger partial charge is 0.296 e. The molecule has 0 aliphatic rings. The second kappa shape index (κ2) is 6.93. The van der Waals surface area contributed by atoms with E-state index in [4.69, 9.17) is 23.2 Å². The van der Waals surface area contributed by atoms with Gasteiger partial charge in [-0.2, -0.15) is 0 Å². The monoisotopic (exact) mass is 361 g/mol. The van der Waals surface area contributed by atoms with Crippen molar-refractivity contribution in [3.05, 3.63) is 79.8 Å². The maximum atomic E-state index is 12.3. The van der Waals surface area contributed by atoms with E-state index in [2.05, 4.69) is 9.88 Å². The Kier molecular flexibility index (Phi) is 4.90. The minimum atomic E-state index is -0.0592. The van der Waals surface area contributed by atoms with Crippen LogP contribution in [0.2, 0.25) is 10.0 Å². The summed E-state index contributed by atoms with van der Waals surface area (Å²) in [6, 6.07) is 12.8. The minimum absolute atomic E-state index is 0.0592. The molecule has 0 atom stereocenters. The van der Waals surface area contributed by atoms with Crippen LogP contribution in [0.4, 0.5) is 0 Å². The number of nitrogens with zero attached hydrogens (tertiary/aromatic N) is 3. The summed E-state index contributed by atoms with van der Waals surface area (Å²) in [6.07, 6.45) is 0. The summed E-state index contributed by atoms with van der Waals surface area (Å²) in [5, 5.41) is 1.09. The highest BCUT2D eigenvalue weighted by atomic mass is 35.5. The van der Waals surface area contributed by atoms with E-state index < -0.39 is 0 Å². The summed E-state index contributed by atoms with van der Waals surface area (Å²) < 4.78 is 1.61. The van der Waals surface area contributed by atoms with Gasteiger partial charge in [-0.25, -0.2) is 4.98 Å². The molecule has 0 saturated heterocycles. The fourth-order valence-electron chi connectivity index (χ4n) is 2.73. The van der Waals surface area contributed by atoms with Crippen LogP contribution >= 0.6 is 23.2 Å². The van der Waals surface area contributed by atoms with E-state index >= 15 is 0 Å². The Balaban J connectivity index is 1.81. The van der Waals surface area contributed by atoms with Crippen LogP contribution in [-0.2, 0) is 13.1 Å². The number of pyridine rings is 1. The van der Waals surface area contributed by atoms with Gasteiger partial charge in [-0.05, 0) is 43.8 Å². The third kappa shape index (κ3) is 3.61. The van der Waals surface area contributed by atoms with Crippen molar-refractivity contribution in [2.75, 3.05) is 7.05 Å². The fourth-order valence-corrected chi connectivity index (χ4v) is 3.05. The molecular formula is C18H17Cl2N3O. The third-order valence-electron chi connectivity index (χ3n) is 3.80. The zero-order valence-electron chi connectivity index (χ0n) is 13.5. The van der Waals surface area contributed by atoms with Crippen molar-refractivity contribution < 1.29 is 0 Å². The van der Waals surface area contributed by atoms with Gasteiger partial charge in [-0.15, -0.1) is 0 Å². The number of aryl methyl sites for hydroxylation is 1. The second-order valence-electron chi connectivity index (χ2n) is 5.87. The van der Waals surface area contributed by atoms with Crippen LogP contribution < -0.4 is 5.56 Å². The van der Waals surface area contributed by atoms with Crippen molar-refractivity contribution in [1.82, 2.24) is 14.3 Å². The summed E-state index contributed by atoms with van der Waals surface area (Å²) in [6.45, 7) is 3.15. The van der Waals surface area contributed by atoms with Gasteiger partial charge in [0.25, 0.3) is 5.56 Å². The minimum Gasteiger partial charge on any atom is -0.296 e. The number of fused-ring (bicyclic) bond motifs is 1. The summed E-state index contributed by atoms with van der Waals surface area (Å²) in [4.78, 5) is 19.0. The molecule has 0 spiro atoms. The highest BCUT2D eigenvalue weighted by molar-refractivity contribution is 6.42. The maximum Gasteiger partial charge on any atom is 0.258 e. The lowest BCUT2D eigenvalue weighted by Gasteiger charge is -2.17. The van der Waals surface area contributed by atoms with Gasteiger partial charge >= 0.3 is 0 Å². The lowest BCUT2D eigenvalue weighted by molar-refractivity contribution is 0.315.